The second-order valence-electron chi connectivity index (χ2n) is 5.29. The third-order valence-corrected chi connectivity index (χ3v) is 4.83. The second-order valence-corrected chi connectivity index (χ2v) is 6.35. The van der Waals surface area contributed by atoms with Crippen molar-refractivity contribution < 1.29 is 4.79 Å². The van der Waals surface area contributed by atoms with Crippen LogP contribution in [0.3, 0.4) is 0 Å². The first-order valence-corrected chi connectivity index (χ1v) is 8.04. The van der Waals surface area contributed by atoms with Crippen LogP contribution < -0.4 is 5.73 Å². The fourth-order valence-electron chi connectivity index (χ4n) is 2.71. The summed E-state index contributed by atoms with van der Waals surface area (Å²) in [7, 11) is 0. The molecule has 1 heterocycles. The average molecular weight is 281 g/mol. The average Bonchev–Trinajstić information content (AvgIpc) is 2.66. The summed E-state index contributed by atoms with van der Waals surface area (Å²) in [6.07, 6.45) is 6.90. The Morgan fingerprint density at radius 1 is 1.37 bits per heavy atom. The summed E-state index contributed by atoms with van der Waals surface area (Å²) in [5.74, 6) is 0.481. The van der Waals surface area contributed by atoms with Crippen molar-refractivity contribution in [2.45, 2.75) is 63.6 Å². The van der Waals surface area contributed by atoms with Crippen molar-refractivity contribution in [1.82, 2.24) is 9.55 Å². The number of amides is 1. The molecule has 0 atom stereocenters. The number of thioether (sulfide) groups is 1. The molecule has 0 radical (unpaired) electrons. The molecule has 0 unspecified atom stereocenters. The summed E-state index contributed by atoms with van der Waals surface area (Å²) in [5.41, 5.74) is 7.57. The number of nitrogens with two attached hydrogens (primary N) is 1. The quantitative estimate of drug-likeness (QED) is 0.844. The van der Waals surface area contributed by atoms with Gasteiger partial charge in [0.25, 0.3) is 0 Å². The standard InChI is InChI=1S/C14H23N3OS/c1-10-11(2)17(12-6-4-3-5-7-12)14(16-10)19-9-8-13(15)18/h12H,3-9H2,1-2H3,(H2,15,18). The predicted molar refractivity (Wildman–Crippen MR) is 78.4 cm³/mol. The van der Waals surface area contributed by atoms with Crippen LogP contribution in [0.1, 0.15) is 56.0 Å². The van der Waals surface area contributed by atoms with Gasteiger partial charge in [-0.15, -0.1) is 0 Å². The third kappa shape index (κ3) is 3.53. The number of carbonyl (C=O) groups is 1. The third-order valence-electron chi connectivity index (χ3n) is 3.87. The van der Waals surface area contributed by atoms with E-state index in [-0.39, 0.29) is 5.91 Å². The molecule has 0 saturated heterocycles. The molecule has 1 fully saturated rings. The number of hydrogen-bond donors (Lipinski definition) is 1. The van der Waals surface area contributed by atoms with Gasteiger partial charge in [0.05, 0.1) is 5.69 Å². The SMILES string of the molecule is Cc1nc(SCCC(N)=O)n(C2CCCCC2)c1C. The number of nitrogens with zero attached hydrogens (tertiary/aromatic N) is 2. The molecule has 1 amide bonds. The molecule has 2 N–H and O–H groups in total. The summed E-state index contributed by atoms with van der Waals surface area (Å²) in [6, 6.07) is 0.589. The van der Waals surface area contributed by atoms with E-state index in [1.807, 2.05) is 0 Å². The molecule has 106 valence electrons. The molecule has 19 heavy (non-hydrogen) atoms. The summed E-state index contributed by atoms with van der Waals surface area (Å²) in [6.45, 7) is 4.21. The van der Waals surface area contributed by atoms with E-state index in [9.17, 15) is 4.79 Å². The lowest BCUT2D eigenvalue weighted by molar-refractivity contribution is -0.117. The molecule has 0 aromatic carbocycles. The van der Waals surface area contributed by atoms with E-state index in [4.69, 9.17) is 5.73 Å². The molecule has 0 spiro atoms. The van der Waals surface area contributed by atoms with Gasteiger partial charge in [0.15, 0.2) is 5.16 Å². The molecule has 0 bridgehead atoms. The van der Waals surface area contributed by atoms with E-state index >= 15 is 0 Å². The smallest absolute Gasteiger partial charge is 0.218 e. The zero-order valence-corrected chi connectivity index (χ0v) is 12.6. The second kappa shape index (κ2) is 6.46. The maximum atomic E-state index is 10.8. The summed E-state index contributed by atoms with van der Waals surface area (Å²) >= 11 is 1.66. The Hall–Kier alpha value is -0.970. The molecule has 1 aromatic rings. The molecule has 5 heteroatoms. The molecule has 1 aliphatic rings. The van der Waals surface area contributed by atoms with Crippen LogP contribution in [0.2, 0.25) is 0 Å². The summed E-state index contributed by atoms with van der Waals surface area (Å²) < 4.78 is 2.39. The first-order chi connectivity index (χ1) is 9.09. The zero-order valence-electron chi connectivity index (χ0n) is 11.8. The highest BCUT2D eigenvalue weighted by Crippen LogP contribution is 2.34. The van der Waals surface area contributed by atoms with Crippen LogP contribution in [0.5, 0.6) is 0 Å². The van der Waals surface area contributed by atoms with Gasteiger partial charge in [0.1, 0.15) is 0 Å². The number of hydrogen-bond acceptors (Lipinski definition) is 3. The minimum absolute atomic E-state index is 0.239. The fraction of sp³-hybridized carbons (Fsp3) is 0.714. The Labute approximate surface area is 119 Å². The van der Waals surface area contributed by atoms with E-state index < -0.39 is 0 Å². The number of carbonyl (C=O) groups excluding carboxylic acids is 1. The minimum Gasteiger partial charge on any atom is -0.370 e. The van der Waals surface area contributed by atoms with E-state index in [2.05, 4.69) is 23.4 Å². The van der Waals surface area contributed by atoms with Crippen LogP contribution in [-0.4, -0.2) is 21.2 Å². The molecule has 1 saturated carbocycles. The number of primary amides is 1. The predicted octanol–water partition coefficient (Wildman–Crippen LogP) is 2.97. The van der Waals surface area contributed by atoms with Crippen molar-refractivity contribution in [2.24, 2.45) is 5.73 Å². The summed E-state index contributed by atoms with van der Waals surface area (Å²) in [5, 5.41) is 1.06. The van der Waals surface area contributed by atoms with Gasteiger partial charge in [-0.25, -0.2) is 4.98 Å². The van der Waals surface area contributed by atoms with Crippen molar-refractivity contribution in [3.8, 4) is 0 Å². The molecule has 1 aromatic heterocycles. The van der Waals surface area contributed by atoms with Crippen LogP contribution in [0.25, 0.3) is 0 Å². The Morgan fingerprint density at radius 2 is 2.05 bits per heavy atom. The van der Waals surface area contributed by atoms with E-state index in [1.54, 1.807) is 11.8 Å². The Balaban J connectivity index is 2.13. The lowest BCUT2D eigenvalue weighted by Gasteiger charge is -2.26. The van der Waals surface area contributed by atoms with Gasteiger partial charge in [-0.2, -0.15) is 0 Å². The van der Waals surface area contributed by atoms with Crippen LogP contribution in [0.15, 0.2) is 5.16 Å². The normalized spacial score (nSPS) is 16.7. The Kier molecular flexibility index (Phi) is 4.91. The van der Waals surface area contributed by atoms with Crippen molar-refractivity contribution in [3.05, 3.63) is 11.4 Å². The van der Waals surface area contributed by atoms with Crippen LogP contribution in [0, 0.1) is 13.8 Å². The summed E-state index contributed by atoms with van der Waals surface area (Å²) in [4.78, 5) is 15.5. The number of aryl methyl sites for hydroxylation is 1. The van der Waals surface area contributed by atoms with Crippen molar-refractivity contribution in [1.29, 1.82) is 0 Å². The van der Waals surface area contributed by atoms with Gasteiger partial charge < -0.3 is 10.3 Å². The lowest BCUT2D eigenvalue weighted by Crippen LogP contribution is -2.16. The zero-order chi connectivity index (χ0) is 13.8. The van der Waals surface area contributed by atoms with E-state index in [0.717, 1.165) is 16.6 Å². The van der Waals surface area contributed by atoms with Gasteiger partial charge in [-0.05, 0) is 26.7 Å². The fourth-order valence-corrected chi connectivity index (χ4v) is 3.82. The monoisotopic (exact) mass is 281 g/mol. The topological polar surface area (TPSA) is 60.9 Å². The van der Waals surface area contributed by atoms with Gasteiger partial charge in [0.2, 0.25) is 5.91 Å². The number of rotatable bonds is 5. The molecule has 1 aliphatic carbocycles. The number of imidazole rings is 1. The van der Waals surface area contributed by atoms with Gasteiger partial charge in [-0.1, -0.05) is 31.0 Å². The van der Waals surface area contributed by atoms with Gasteiger partial charge >= 0.3 is 0 Å². The van der Waals surface area contributed by atoms with E-state index in [0.29, 0.717) is 12.5 Å². The molecule has 4 nitrogen and oxygen atoms in total. The molecule has 0 aliphatic heterocycles. The van der Waals surface area contributed by atoms with Gasteiger partial charge in [-0.3, -0.25) is 4.79 Å². The molecular formula is C14H23N3OS. The van der Waals surface area contributed by atoms with E-state index in [1.165, 1.54) is 37.8 Å². The van der Waals surface area contributed by atoms with Crippen molar-refractivity contribution in [3.63, 3.8) is 0 Å². The number of aromatic nitrogens is 2. The maximum absolute atomic E-state index is 10.8. The Morgan fingerprint density at radius 3 is 2.68 bits per heavy atom. The highest BCUT2D eigenvalue weighted by molar-refractivity contribution is 7.99. The van der Waals surface area contributed by atoms with Crippen molar-refractivity contribution in [2.75, 3.05) is 5.75 Å². The van der Waals surface area contributed by atoms with Crippen LogP contribution in [0.4, 0.5) is 0 Å². The lowest BCUT2D eigenvalue weighted by atomic mass is 9.95. The van der Waals surface area contributed by atoms with Crippen LogP contribution in [-0.2, 0) is 4.79 Å². The van der Waals surface area contributed by atoms with Crippen LogP contribution >= 0.6 is 11.8 Å². The maximum Gasteiger partial charge on any atom is 0.218 e. The minimum atomic E-state index is -0.239. The highest BCUT2D eigenvalue weighted by atomic mass is 32.2. The Bertz CT molecular complexity index is 450. The molecular weight excluding hydrogens is 258 g/mol. The largest absolute Gasteiger partial charge is 0.370 e. The van der Waals surface area contributed by atoms with Gasteiger partial charge in [0, 0.05) is 23.9 Å². The first kappa shape index (κ1) is 14.4. The first-order valence-electron chi connectivity index (χ1n) is 7.06. The highest BCUT2D eigenvalue weighted by Gasteiger charge is 2.21. The molecule has 2 rings (SSSR count). The van der Waals surface area contributed by atoms with Crippen molar-refractivity contribution >= 4 is 17.7 Å².